The number of nitrogens with zero attached hydrogens (tertiary/aromatic N) is 2. The SMILES string of the molecule is CCC1OC(n2cc(C(F)(F)F)c(N)nc2=O)C(O)C1O. The number of aliphatic hydroxyl groups is 2. The average molecular weight is 309 g/mol. The van der Waals surface area contributed by atoms with E-state index in [0.29, 0.717) is 17.2 Å². The standard InChI is InChI=1S/C11H14F3N3O4/c1-2-5-6(18)7(19)9(21-5)17-3-4(11(12,13)14)8(15)16-10(17)20/h3,5-7,9,18-19H,2H2,1H3,(H2,15,16,20). The van der Waals surface area contributed by atoms with Crippen LogP contribution in [0.5, 0.6) is 0 Å². The normalized spacial score (nSPS) is 29.8. The van der Waals surface area contributed by atoms with Crippen LogP contribution in [-0.2, 0) is 10.9 Å². The highest BCUT2D eigenvalue weighted by atomic mass is 19.4. The van der Waals surface area contributed by atoms with E-state index < -0.39 is 47.8 Å². The minimum absolute atomic E-state index is 0.317. The molecule has 4 unspecified atom stereocenters. The van der Waals surface area contributed by atoms with Gasteiger partial charge in [0.05, 0.1) is 6.10 Å². The minimum Gasteiger partial charge on any atom is -0.388 e. The molecular formula is C11H14F3N3O4. The van der Waals surface area contributed by atoms with E-state index in [4.69, 9.17) is 10.5 Å². The Kier molecular flexibility index (Phi) is 3.95. The van der Waals surface area contributed by atoms with Crippen molar-refractivity contribution in [3.63, 3.8) is 0 Å². The first-order chi connectivity index (χ1) is 9.66. The first kappa shape index (κ1) is 15.7. The van der Waals surface area contributed by atoms with Crippen LogP contribution in [0.4, 0.5) is 19.0 Å². The van der Waals surface area contributed by atoms with Crippen LogP contribution >= 0.6 is 0 Å². The van der Waals surface area contributed by atoms with Crippen LogP contribution in [-0.4, -0.2) is 38.1 Å². The Morgan fingerprint density at radius 1 is 1.43 bits per heavy atom. The molecule has 1 aromatic heterocycles. The van der Waals surface area contributed by atoms with Gasteiger partial charge < -0.3 is 20.7 Å². The summed E-state index contributed by atoms with van der Waals surface area (Å²) in [4.78, 5) is 14.8. The van der Waals surface area contributed by atoms with Gasteiger partial charge in [0.15, 0.2) is 6.23 Å². The van der Waals surface area contributed by atoms with Crippen LogP contribution in [0.2, 0.25) is 0 Å². The van der Waals surface area contributed by atoms with Gasteiger partial charge in [-0.3, -0.25) is 4.57 Å². The molecule has 0 saturated carbocycles. The van der Waals surface area contributed by atoms with Gasteiger partial charge >= 0.3 is 11.9 Å². The summed E-state index contributed by atoms with van der Waals surface area (Å²) in [5.74, 6) is -0.955. The lowest BCUT2D eigenvalue weighted by atomic mass is 10.1. The molecule has 0 bridgehead atoms. The molecule has 4 atom stereocenters. The molecule has 2 rings (SSSR count). The van der Waals surface area contributed by atoms with Crippen LogP contribution in [0.25, 0.3) is 0 Å². The Bertz CT molecular complexity index is 589. The largest absolute Gasteiger partial charge is 0.421 e. The second-order valence-corrected chi connectivity index (χ2v) is 4.68. The zero-order valence-electron chi connectivity index (χ0n) is 10.9. The molecule has 0 amide bonds. The van der Waals surface area contributed by atoms with Gasteiger partial charge in [-0.15, -0.1) is 0 Å². The maximum Gasteiger partial charge on any atom is 0.421 e. The Morgan fingerprint density at radius 3 is 2.52 bits per heavy atom. The summed E-state index contributed by atoms with van der Waals surface area (Å²) < 4.78 is 44.0. The van der Waals surface area contributed by atoms with E-state index in [-0.39, 0.29) is 0 Å². The number of hydrogen-bond donors (Lipinski definition) is 3. The maximum atomic E-state index is 12.8. The predicted molar refractivity (Wildman–Crippen MR) is 64.1 cm³/mol. The van der Waals surface area contributed by atoms with Gasteiger partial charge in [-0.05, 0) is 6.42 Å². The van der Waals surface area contributed by atoms with Crippen molar-refractivity contribution in [2.75, 3.05) is 5.73 Å². The molecule has 0 radical (unpaired) electrons. The molecule has 7 nitrogen and oxygen atoms in total. The van der Waals surface area contributed by atoms with Crippen molar-refractivity contribution >= 4 is 5.82 Å². The molecule has 1 fully saturated rings. The van der Waals surface area contributed by atoms with Crippen LogP contribution in [0.3, 0.4) is 0 Å². The number of halogens is 3. The summed E-state index contributed by atoms with van der Waals surface area (Å²) in [5, 5.41) is 19.5. The van der Waals surface area contributed by atoms with E-state index in [1.165, 1.54) is 0 Å². The minimum atomic E-state index is -4.81. The molecule has 0 spiro atoms. The number of alkyl halides is 3. The second-order valence-electron chi connectivity index (χ2n) is 4.68. The Morgan fingerprint density at radius 2 is 2.05 bits per heavy atom. The van der Waals surface area contributed by atoms with Crippen molar-refractivity contribution in [3.8, 4) is 0 Å². The zero-order valence-corrected chi connectivity index (χ0v) is 10.9. The monoisotopic (exact) mass is 309 g/mol. The summed E-state index contributed by atoms with van der Waals surface area (Å²) in [5.41, 5.74) is 2.68. The number of nitrogen functional groups attached to an aromatic ring is 1. The number of hydrogen-bond acceptors (Lipinski definition) is 6. The summed E-state index contributed by atoms with van der Waals surface area (Å²) in [7, 11) is 0. The zero-order chi connectivity index (χ0) is 15.9. The first-order valence-electron chi connectivity index (χ1n) is 6.14. The molecule has 1 aliphatic rings. The molecule has 1 aromatic rings. The van der Waals surface area contributed by atoms with Gasteiger partial charge in [-0.1, -0.05) is 6.92 Å². The molecule has 10 heteroatoms. The lowest BCUT2D eigenvalue weighted by molar-refractivity contribution is -0.138. The van der Waals surface area contributed by atoms with Gasteiger partial charge in [0.25, 0.3) is 0 Å². The fourth-order valence-electron chi connectivity index (χ4n) is 2.18. The summed E-state index contributed by atoms with van der Waals surface area (Å²) >= 11 is 0. The summed E-state index contributed by atoms with van der Waals surface area (Å²) in [6, 6.07) is 0. The molecule has 118 valence electrons. The highest BCUT2D eigenvalue weighted by Gasteiger charge is 2.44. The van der Waals surface area contributed by atoms with E-state index in [1.54, 1.807) is 6.92 Å². The van der Waals surface area contributed by atoms with Crippen molar-refractivity contribution < 1.29 is 28.1 Å². The number of nitrogens with two attached hydrogens (primary N) is 1. The number of anilines is 1. The first-order valence-corrected chi connectivity index (χ1v) is 6.14. The lowest BCUT2D eigenvalue weighted by Crippen LogP contribution is -2.36. The molecule has 1 saturated heterocycles. The summed E-state index contributed by atoms with van der Waals surface area (Å²) in [6.45, 7) is 1.66. The molecule has 2 heterocycles. The molecule has 1 aliphatic heterocycles. The third-order valence-electron chi connectivity index (χ3n) is 3.30. The Balaban J connectivity index is 2.48. The van der Waals surface area contributed by atoms with Crippen molar-refractivity contribution in [1.82, 2.24) is 9.55 Å². The van der Waals surface area contributed by atoms with Gasteiger partial charge in [0, 0.05) is 6.20 Å². The van der Waals surface area contributed by atoms with E-state index in [9.17, 15) is 28.2 Å². The van der Waals surface area contributed by atoms with Crippen molar-refractivity contribution in [1.29, 1.82) is 0 Å². The van der Waals surface area contributed by atoms with Gasteiger partial charge in [0.2, 0.25) is 0 Å². The van der Waals surface area contributed by atoms with Gasteiger partial charge in [-0.2, -0.15) is 18.2 Å². The Labute approximate surface area is 116 Å². The fraction of sp³-hybridized carbons (Fsp3) is 0.636. The van der Waals surface area contributed by atoms with Crippen LogP contribution in [0.1, 0.15) is 25.1 Å². The predicted octanol–water partition coefficient (Wildman–Crippen LogP) is -0.126. The van der Waals surface area contributed by atoms with Gasteiger partial charge in [-0.25, -0.2) is 4.79 Å². The van der Waals surface area contributed by atoms with Crippen molar-refractivity contribution in [2.45, 2.75) is 44.1 Å². The number of ether oxygens (including phenoxy) is 1. The lowest BCUT2D eigenvalue weighted by Gasteiger charge is -2.19. The van der Waals surface area contributed by atoms with E-state index in [0.717, 1.165) is 0 Å². The number of aliphatic hydroxyl groups excluding tert-OH is 2. The van der Waals surface area contributed by atoms with E-state index in [1.807, 2.05) is 0 Å². The second kappa shape index (κ2) is 5.28. The number of rotatable bonds is 2. The van der Waals surface area contributed by atoms with Gasteiger partial charge in [0.1, 0.15) is 23.6 Å². The average Bonchev–Trinajstić information content (AvgIpc) is 2.65. The molecule has 0 aromatic carbocycles. The fourth-order valence-corrected chi connectivity index (χ4v) is 2.18. The third kappa shape index (κ3) is 2.74. The quantitative estimate of drug-likeness (QED) is 0.702. The molecule has 0 aliphatic carbocycles. The Hall–Kier alpha value is -1.65. The van der Waals surface area contributed by atoms with E-state index in [2.05, 4.69) is 4.98 Å². The smallest absolute Gasteiger partial charge is 0.388 e. The van der Waals surface area contributed by atoms with Crippen LogP contribution < -0.4 is 11.4 Å². The topological polar surface area (TPSA) is 111 Å². The van der Waals surface area contributed by atoms with Crippen molar-refractivity contribution in [3.05, 3.63) is 22.2 Å². The highest BCUT2D eigenvalue weighted by Crippen LogP contribution is 2.34. The molecule has 21 heavy (non-hydrogen) atoms. The van der Waals surface area contributed by atoms with Crippen LogP contribution in [0.15, 0.2) is 11.0 Å². The third-order valence-corrected chi connectivity index (χ3v) is 3.30. The molecular weight excluding hydrogens is 295 g/mol. The summed E-state index contributed by atoms with van der Waals surface area (Å²) in [6.07, 6.45) is -9.14. The molecule has 4 N–H and O–H groups in total. The number of aromatic nitrogens is 2. The van der Waals surface area contributed by atoms with Crippen LogP contribution in [0, 0.1) is 0 Å². The highest BCUT2D eigenvalue weighted by molar-refractivity contribution is 5.39. The van der Waals surface area contributed by atoms with Crippen molar-refractivity contribution in [2.24, 2.45) is 0 Å². The maximum absolute atomic E-state index is 12.8. The van der Waals surface area contributed by atoms with E-state index >= 15 is 0 Å².